The fraction of sp³-hybridized carbons (Fsp3) is 0.562. The van der Waals surface area contributed by atoms with E-state index in [1.54, 1.807) is 0 Å². The number of benzene rings is 1. The predicted molar refractivity (Wildman–Crippen MR) is 90.3 cm³/mol. The third-order valence-electron chi connectivity index (χ3n) is 3.70. The zero-order valence-electron chi connectivity index (χ0n) is 12.3. The SMILES string of the molecule is Cl.O=C(Cc1ccc(Cl)cc1)NCCCCN1CCCC1. The molecule has 0 bridgehead atoms. The lowest BCUT2D eigenvalue weighted by Gasteiger charge is -2.14. The van der Waals surface area contributed by atoms with Crippen LogP contribution < -0.4 is 5.32 Å². The fourth-order valence-corrected chi connectivity index (χ4v) is 2.67. The summed E-state index contributed by atoms with van der Waals surface area (Å²) in [5, 5.41) is 3.69. The van der Waals surface area contributed by atoms with Crippen molar-refractivity contribution in [1.29, 1.82) is 0 Å². The van der Waals surface area contributed by atoms with Crippen LogP contribution in [0.4, 0.5) is 0 Å². The Hall–Kier alpha value is -0.770. The first-order valence-corrected chi connectivity index (χ1v) is 7.85. The summed E-state index contributed by atoms with van der Waals surface area (Å²) in [5.74, 6) is 0.0912. The Morgan fingerprint density at radius 3 is 2.48 bits per heavy atom. The maximum atomic E-state index is 11.8. The first-order chi connectivity index (χ1) is 9.74. The largest absolute Gasteiger partial charge is 0.356 e. The molecule has 1 saturated heterocycles. The van der Waals surface area contributed by atoms with Gasteiger partial charge in [0.1, 0.15) is 0 Å². The van der Waals surface area contributed by atoms with Gasteiger partial charge in [0, 0.05) is 11.6 Å². The van der Waals surface area contributed by atoms with E-state index in [2.05, 4.69) is 10.2 Å². The number of hydrogen-bond donors (Lipinski definition) is 1. The van der Waals surface area contributed by atoms with Crippen molar-refractivity contribution in [1.82, 2.24) is 10.2 Å². The Morgan fingerprint density at radius 1 is 1.14 bits per heavy atom. The molecule has 21 heavy (non-hydrogen) atoms. The summed E-state index contributed by atoms with van der Waals surface area (Å²) in [6.45, 7) is 4.46. The summed E-state index contributed by atoms with van der Waals surface area (Å²) < 4.78 is 0. The van der Waals surface area contributed by atoms with Gasteiger partial charge in [-0.1, -0.05) is 23.7 Å². The lowest BCUT2D eigenvalue weighted by atomic mass is 10.1. The number of unbranched alkanes of at least 4 members (excludes halogenated alkanes) is 1. The van der Waals surface area contributed by atoms with Crippen molar-refractivity contribution in [2.24, 2.45) is 0 Å². The van der Waals surface area contributed by atoms with Crippen molar-refractivity contribution in [3.05, 3.63) is 34.9 Å². The quantitative estimate of drug-likeness (QED) is 0.778. The van der Waals surface area contributed by atoms with Crippen LogP contribution in [0.5, 0.6) is 0 Å². The summed E-state index contributed by atoms with van der Waals surface area (Å²) >= 11 is 5.82. The van der Waals surface area contributed by atoms with Gasteiger partial charge >= 0.3 is 0 Å². The van der Waals surface area contributed by atoms with E-state index in [1.165, 1.54) is 38.9 Å². The molecule has 1 aromatic rings. The van der Waals surface area contributed by atoms with Crippen LogP contribution in [0.25, 0.3) is 0 Å². The lowest BCUT2D eigenvalue weighted by Crippen LogP contribution is -2.27. The molecule has 0 saturated carbocycles. The van der Waals surface area contributed by atoms with Crippen molar-refractivity contribution in [2.75, 3.05) is 26.2 Å². The van der Waals surface area contributed by atoms with Gasteiger partial charge in [-0.25, -0.2) is 0 Å². The minimum Gasteiger partial charge on any atom is -0.356 e. The van der Waals surface area contributed by atoms with E-state index in [0.29, 0.717) is 11.4 Å². The van der Waals surface area contributed by atoms with Gasteiger partial charge in [0.15, 0.2) is 0 Å². The average molecular weight is 331 g/mol. The monoisotopic (exact) mass is 330 g/mol. The molecule has 5 heteroatoms. The minimum atomic E-state index is 0. The molecule has 0 atom stereocenters. The number of nitrogens with zero attached hydrogens (tertiary/aromatic N) is 1. The second-order valence-electron chi connectivity index (χ2n) is 5.41. The minimum absolute atomic E-state index is 0. The van der Waals surface area contributed by atoms with E-state index in [1.807, 2.05) is 24.3 Å². The van der Waals surface area contributed by atoms with Crippen LogP contribution in [0.1, 0.15) is 31.2 Å². The number of halogens is 2. The molecule has 3 nitrogen and oxygen atoms in total. The number of likely N-dealkylation sites (tertiary alicyclic amines) is 1. The maximum Gasteiger partial charge on any atom is 0.224 e. The Morgan fingerprint density at radius 2 is 1.81 bits per heavy atom. The molecule has 1 amide bonds. The first-order valence-electron chi connectivity index (χ1n) is 7.47. The molecular formula is C16H24Cl2N2O. The molecule has 1 aromatic carbocycles. The van der Waals surface area contributed by atoms with E-state index in [0.717, 1.165) is 18.5 Å². The second kappa shape index (κ2) is 10.0. The Kier molecular flexibility index (Phi) is 8.74. The van der Waals surface area contributed by atoms with Crippen molar-refractivity contribution < 1.29 is 4.79 Å². The average Bonchev–Trinajstić information content (AvgIpc) is 2.94. The highest BCUT2D eigenvalue weighted by atomic mass is 35.5. The van der Waals surface area contributed by atoms with Crippen LogP contribution in [0.2, 0.25) is 5.02 Å². The summed E-state index contributed by atoms with van der Waals surface area (Å²) in [6, 6.07) is 7.44. The topological polar surface area (TPSA) is 32.3 Å². The van der Waals surface area contributed by atoms with E-state index < -0.39 is 0 Å². The van der Waals surface area contributed by atoms with Crippen LogP contribution in [-0.2, 0) is 11.2 Å². The van der Waals surface area contributed by atoms with Gasteiger partial charge in [0.05, 0.1) is 6.42 Å². The molecule has 0 unspecified atom stereocenters. The third kappa shape index (κ3) is 7.16. The number of carbonyl (C=O) groups is 1. The Labute approximate surface area is 138 Å². The molecule has 118 valence electrons. The molecule has 1 N–H and O–H groups in total. The Bertz CT molecular complexity index is 417. The highest BCUT2D eigenvalue weighted by molar-refractivity contribution is 6.30. The molecule has 0 aliphatic carbocycles. The van der Waals surface area contributed by atoms with Gasteiger partial charge in [-0.3, -0.25) is 4.79 Å². The highest BCUT2D eigenvalue weighted by Crippen LogP contribution is 2.10. The van der Waals surface area contributed by atoms with Crippen molar-refractivity contribution in [3.8, 4) is 0 Å². The fourth-order valence-electron chi connectivity index (χ4n) is 2.54. The van der Waals surface area contributed by atoms with Gasteiger partial charge in [-0.2, -0.15) is 0 Å². The molecular weight excluding hydrogens is 307 g/mol. The van der Waals surface area contributed by atoms with Gasteiger partial charge in [-0.15, -0.1) is 12.4 Å². The summed E-state index contributed by atoms with van der Waals surface area (Å²) in [7, 11) is 0. The normalized spacial score (nSPS) is 14.7. The molecule has 0 spiro atoms. The van der Waals surface area contributed by atoms with Crippen LogP contribution in [0.3, 0.4) is 0 Å². The summed E-state index contributed by atoms with van der Waals surface area (Å²) in [6.07, 6.45) is 5.35. The van der Waals surface area contributed by atoms with E-state index >= 15 is 0 Å². The standard InChI is InChI=1S/C16H23ClN2O.ClH/c17-15-7-5-14(6-8-15)13-16(20)18-9-1-2-10-19-11-3-4-12-19;/h5-8H,1-4,9-13H2,(H,18,20);1H. The lowest BCUT2D eigenvalue weighted by molar-refractivity contribution is -0.120. The molecule has 1 aliphatic rings. The number of rotatable bonds is 7. The van der Waals surface area contributed by atoms with Crippen molar-refractivity contribution in [2.45, 2.75) is 32.1 Å². The van der Waals surface area contributed by atoms with Crippen LogP contribution in [0.15, 0.2) is 24.3 Å². The van der Waals surface area contributed by atoms with Gasteiger partial charge in [-0.05, 0) is 63.0 Å². The van der Waals surface area contributed by atoms with E-state index in [4.69, 9.17) is 11.6 Å². The number of amides is 1. The van der Waals surface area contributed by atoms with Crippen molar-refractivity contribution >= 4 is 29.9 Å². The molecule has 1 fully saturated rings. The van der Waals surface area contributed by atoms with Crippen LogP contribution in [0, 0.1) is 0 Å². The number of hydrogen-bond acceptors (Lipinski definition) is 2. The van der Waals surface area contributed by atoms with Crippen LogP contribution >= 0.6 is 24.0 Å². The molecule has 1 heterocycles. The van der Waals surface area contributed by atoms with E-state index in [-0.39, 0.29) is 18.3 Å². The molecule has 0 aromatic heterocycles. The van der Waals surface area contributed by atoms with Gasteiger partial charge < -0.3 is 10.2 Å². The van der Waals surface area contributed by atoms with Crippen molar-refractivity contribution in [3.63, 3.8) is 0 Å². The Balaban J connectivity index is 0.00000220. The van der Waals surface area contributed by atoms with Gasteiger partial charge in [0.2, 0.25) is 5.91 Å². The maximum absolute atomic E-state index is 11.8. The third-order valence-corrected chi connectivity index (χ3v) is 3.95. The molecule has 1 aliphatic heterocycles. The molecule has 2 rings (SSSR count). The highest BCUT2D eigenvalue weighted by Gasteiger charge is 2.10. The second-order valence-corrected chi connectivity index (χ2v) is 5.85. The van der Waals surface area contributed by atoms with E-state index in [9.17, 15) is 4.79 Å². The zero-order valence-corrected chi connectivity index (χ0v) is 13.9. The summed E-state index contributed by atoms with van der Waals surface area (Å²) in [4.78, 5) is 14.3. The first kappa shape index (κ1) is 18.3. The molecule has 0 radical (unpaired) electrons. The predicted octanol–water partition coefficient (Wildman–Crippen LogP) is 3.30. The van der Waals surface area contributed by atoms with Crippen LogP contribution in [-0.4, -0.2) is 37.0 Å². The van der Waals surface area contributed by atoms with Gasteiger partial charge in [0.25, 0.3) is 0 Å². The summed E-state index contributed by atoms with van der Waals surface area (Å²) in [5.41, 5.74) is 1.00. The smallest absolute Gasteiger partial charge is 0.224 e. The zero-order chi connectivity index (χ0) is 14.2. The number of carbonyl (C=O) groups excluding carboxylic acids is 1. The number of nitrogens with one attached hydrogen (secondary N) is 1.